The first-order valence-electron chi connectivity index (χ1n) is 5.55. The van der Waals surface area contributed by atoms with E-state index in [0.717, 1.165) is 15.6 Å². The van der Waals surface area contributed by atoms with Crippen molar-refractivity contribution in [2.24, 2.45) is 5.92 Å². The summed E-state index contributed by atoms with van der Waals surface area (Å²) in [6.07, 6.45) is 0. The minimum Gasteiger partial charge on any atom is -0.481 e. The maximum Gasteiger partial charge on any atom is 0.315 e. The molecule has 1 unspecified atom stereocenters. The second-order valence-corrected chi connectivity index (χ2v) is 4.95. The topological polar surface area (TPSA) is 66.4 Å². The maximum atomic E-state index is 11.5. The van der Waals surface area contributed by atoms with Gasteiger partial charge < -0.3 is 10.4 Å². The lowest BCUT2D eigenvalue weighted by molar-refractivity contribution is -0.146. The summed E-state index contributed by atoms with van der Waals surface area (Å²) in [6, 6.07) is 7.92. The third-order valence-corrected chi connectivity index (χ3v) is 3.79. The lowest BCUT2D eigenvalue weighted by atomic mass is 10.1. The van der Waals surface area contributed by atoms with Gasteiger partial charge in [-0.15, -0.1) is 11.3 Å². The molecule has 1 aromatic heterocycles. The molecule has 2 N–H and O–H groups in total. The second kappa shape index (κ2) is 5.18. The van der Waals surface area contributed by atoms with Crippen LogP contribution in [0.3, 0.4) is 0 Å². The Kier molecular flexibility index (Phi) is 3.62. The molecule has 4 nitrogen and oxygen atoms in total. The molecule has 1 aromatic carbocycles. The molecule has 1 amide bonds. The number of carbonyl (C=O) groups excluding carboxylic acids is 1. The highest BCUT2D eigenvalue weighted by Crippen LogP contribution is 2.25. The molecule has 0 aliphatic heterocycles. The van der Waals surface area contributed by atoms with E-state index in [4.69, 9.17) is 5.11 Å². The van der Waals surface area contributed by atoms with Crippen LogP contribution in [0.15, 0.2) is 29.6 Å². The van der Waals surface area contributed by atoms with Gasteiger partial charge >= 0.3 is 5.97 Å². The quantitative estimate of drug-likeness (QED) is 0.831. The Bertz CT molecular complexity index is 591. The molecule has 0 fully saturated rings. The highest BCUT2D eigenvalue weighted by molar-refractivity contribution is 7.17. The zero-order valence-corrected chi connectivity index (χ0v) is 10.7. The molecule has 1 heterocycles. The number of nitrogens with one attached hydrogen (secondary N) is 1. The molecule has 0 saturated carbocycles. The summed E-state index contributed by atoms with van der Waals surface area (Å²) in [7, 11) is 0. The number of hydrogen-bond acceptors (Lipinski definition) is 3. The maximum absolute atomic E-state index is 11.5. The van der Waals surface area contributed by atoms with Gasteiger partial charge in [-0.3, -0.25) is 9.59 Å². The van der Waals surface area contributed by atoms with E-state index in [9.17, 15) is 9.59 Å². The minimum atomic E-state index is -1.11. The molecule has 0 aliphatic rings. The Morgan fingerprint density at radius 1 is 1.39 bits per heavy atom. The van der Waals surface area contributed by atoms with Crippen molar-refractivity contribution in [1.82, 2.24) is 5.32 Å². The highest BCUT2D eigenvalue weighted by atomic mass is 32.1. The first kappa shape index (κ1) is 12.6. The Labute approximate surface area is 108 Å². The molecule has 1 atom stereocenters. The van der Waals surface area contributed by atoms with Crippen LogP contribution in [0, 0.1) is 5.92 Å². The molecule has 2 aromatic rings. The molecular weight excluding hydrogens is 250 g/mol. The van der Waals surface area contributed by atoms with Gasteiger partial charge in [-0.2, -0.15) is 0 Å². The molecule has 0 saturated heterocycles. The average molecular weight is 263 g/mol. The first-order chi connectivity index (χ1) is 8.59. The highest BCUT2D eigenvalue weighted by Gasteiger charge is 2.20. The average Bonchev–Trinajstić information content (AvgIpc) is 2.78. The summed E-state index contributed by atoms with van der Waals surface area (Å²) >= 11 is 1.61. The number of fused-ring (bicyclic) bond motifs is 1. The van der Waals surface area contributed by atoms with Crippen molar-refractivity contribution in [3.8, 4) is 0 Å². The van der Waals surface area contributed by atoms with Crippen LogP contribution in [-0.4, -0.2) is 17.0 Å². The summed E-state index contributed by atoms with van der Waals surface area (Å²) in [6.45, 7) is 1.74. The molecule has 94 valence electrons. The zero-order chi connectivity index (χ0) is 13.1. The molecule has 18 heavy (non-hydrogen) atoms. The molecular formula is C13H13NO3S. The fourth-order valence-corrected chi connectivity index (χ4v) is 2.58. The van der Waals surface area contributed by atoms with E-state index < -0.39 is 17.8 Å². The van der Waals surface area contributed by atoms with Gasteiger partial charge in [0.1, 0.15) is 5.92 Å². The standard InChI is InChI=1S/C13H13NO3S/c1-8(13(16)17)12(15)14-6-9-7-18-11-5-3-2-4-10(9)11/h2-5,7-8H,6H2,1H3,(H,14,15)(H,16,17). The minimum absolute atomic E-state index is 0.362. The number of carboxylic acids is 1. The van der Waals surface area contributed by atoms with E-state index in [1.165, 1.54) is 6.92 Å². The van der Waals surface area contributed by atoms with Crippen LogP contribution in [0.5, 0.6) is 0 Å². The Morgan fingerprint density at radius 2 is 2.11 bits per heavy atom. The van der Waals surface area contributed by atoms with Crippen molar-refractivity contribution in [2.45, 2.75) is 13.5 Å². The molecule has 0 aliphatic carbocycles. The van der Waals surface area contributed by atoms with Crippen LogP contribution >= 0.6 is 11.3 Å². The van der Waals surface area contributed by atoms with Crippen molar-refractivity contribution < 1.29 is 14.7 Å². The largest absolute Gasteiger partial charge is 0.481 e. The summed E-state index contributed by atoms with van der Waals surface area (Å²) in [5.41, 5.74) is 1.02. The number of carboxylic acid groups (broad SMARTS) is 1. The van der Waals surface area contributed by atoms with Gasteiger partial charge in [0.05, 0.1) is 0 Å². The smallest absolute Gasteiger partial charge is 0.315 e. The van der Waals surface area contributed by atoms with E-state index in [-0.39, 0.29) is 0 Å². The Hall–Kier alpha value is -1.88. The number of amides is 1. The van der Waals surface area contributed by atoms with Crippen molar-refractivity contribution in [2.75, 3.05) is 0 Å². The number of hydrogen-bond donors (Lipinski definition) is 2. The van der Waals surface area contributed by atoms with Crippen LogP contribution < -0.4 is 5.32 Å². The summed E-state index contributed by atoms with van der Waals surface area (Å²) in [5, 5.41) is 14.5. The number of benzene rings is 1. The van der Waals surface area contributed by atoms with Gasteiger partial charge in [0.15, 0.2) is 0 Å². The normalized spacial score (nSPS) is 12.3. The van der Waals surface area contributed by atoms with Crippen molar-refractivity contribution in [1.29, 1.82) is 0 Å². The zero-order valence-electron chi connectivity index (χ0n) is 9.84. The Morgan fingerprint density at radius 3 is 2.83 bits per heavy atom. The van der Waals surface area contributed by atoms with E-state index in [1.54, 1.807) is 11.3 Å². The molecule has 0 bridgehead atoms. The molecule has 0 radical (unpaired) electrons. The second-order valence-electron chi connectivity index (χ2n) is 4.03. The summed E-state index contributed by atoms with van der Waals surface area (Å²) < 4.78 is 1.16. The van der Waals surface area contributed by atoms with Crippen LogP contribution in [-0.2, 0) is 16.1 Å². The van der Waals surface area contributed by atoms with Crippen LogP contribution in [0.2, 0.25) is 0 Å². The van der Waals surface area contributed by atoms with Crippen molar-refractivity contribution in [3.63, 3.8) is 0 Å². The number of aliphatic carboxylic acids is 1. The third kappa shape index (κ3) is 2.51. The predicted octanol–water partition coefficient (Wildman–Crippen LogP) is 2.24. The van der Waals surface area contributed by atoms with Crippen molar-refractivity contribution in [3.05, 3.63) is 35.2 Å². The molecule has 0 spiro atoms. The van der Waals surface area contributed by atoms with Crippen LogP contribution in [0.25, 0.3) is 10.1 Å². The van der Waals surface area contributed by atoms with Crippen molar-refractivity contribution >= 4 is 33.3 Å². The summed E-state index contributed by atoms with van der Waals surface area (Å²) in [5.74, 6) is -2.59. The van der Waals surface area contributed by atoms with Gasteiger partial charge in [-0.25, -0.2) is 0 Å². The fourth-order valence-electron chi connectivity index (χ4n) is 1.62. The van der Waals surface area contributed by atoms with E-state index in [2.05, 4.69) is 5.32 Å². The lowest BCUT2D eigenvalue weighted by Gasteiger charge is -2.07. The van der Waals surface area contributed by atoms with E-state index >= 15 is 0 Å². The predicted molar refractivity (Wildman–Crippen MR) is 70.5 cm³/mol. The van der Waals surface area contributed by atoms with Gasteiger partial charge in [0.25, 0.3) is 0 Å². The SMILES string of the molecule is CC(C(=O)O)C(=O)NCc1csc2ccccc12. The Balaban J connectivity index is 2.07. The first-order valence-corrected chi connectivity index (χ1v) is 6.43. The van der Waals surface area contributed by atoms with Gasteiger partial charge in [-0.1, -0.05) is 18.2 Å². The van der Waals surface area contributed by atoms with Gasteiger partial charge in [0.2, 0.25) is 5.91 Å². The van der Waals surface area contributed by atoms with E-state index in [1.807, 2.05) is 29.6 Å². The molecule has 5 heteroatoms. The fraction of sp³-hybridized carbons (Fsp3) is 0.231. The van der Waals surface area contributed by atoms with E-state index in [0.29, 0.717) is 6.54 Å². The number of thiophene rings is 1. The van der Waals surface area contributed by atoms with Gasteiger partial charge in [-0.05, 0) is 29.3 Å². The number of rotatable bonds is 4. The third-order valence-electron chi connectivity index (χ3n) is 2.78. The van der Waals surface area contributed by atoms with Gasteiger partial charge in [0, 0.05) is 11.2 Å². The molecule has 2 rings (SSSR count). The lowest BCUT2D eigenvalue weighted by Crippen LogP contribution is -2.32. The van der Waals surface area contributed by atoms with Crippen LogP contribution in [0.1, 0.15) is 12.5 Å². The monoisotopic (exact) mass is 263 g/mol. The number of carbonyl (C=O) groups is 2. The summed E-state index contributed by atoms with van der Waals surface area (Å²) in [4.78, 5) is 22.2. The van der Waals surface area contributed by atoms with Crippen LogP contribution in [0.4, 0.5) is 0 Å².